The first kappa shape index (κ1) is 24.8. The largest absolute Gasteiger partial charge is 0.507 e. The minimum Gasteiger partial charge on any atom is -0.507 e. The first-order valence-corrected chi connectivity index (χ1v) is 10.6. The molecule has 0 unspecified atom stereocenters. The van der Waals surface area contributed by atoms with Gasteiger partial charge in [-0.3, -0.25) is 14.4 Å². The van der Waals surface area contributed by atoms with Crippen molar-refractivity contribution in [3.8, 4) is 17.2 Å². The molecule has 0 heterocycles. The number of carbonyl (C=O) groups is 3. The Morgan fingerprint density at radius 1 is 0.943 bits per heavy atom. The quantitative estimate of drug-likeness (QED) is 0.224. The topological polar surface area (TPSA) is 138 Å². The van der Waals surface area contributed by atoms with Crippen LogP contribution < -0.4 is 25.5 Å². The minimum absolute atomic E-state index is 0.0827. The van der Waals surface area contributed by atoms with Crippen LogP contribution in [0.4, 0.5) is 11.4 Å². The molecule has 0 saturated heterocycles. The van der Waals surface area contributed by atoms with Gasteiger partial charge in [0.2, 0.25) is 0 Å². The van der Waals surface area contributed by atoms with Gasteiger partial charge in [-0.2, -0.15) is 5.10 Å². The van der Waals surface area contributed by atoms with Gasteiger partial charge in [0.25, 0.3) is 5.91 Å². The summed E-state index contributed by atoms with van der Waals surface area (Å²) in [6.45, 7) is 2.40. The van der Waals surface area contributed by atoms with Crippen molar-refractivity contribution in [2.24, 2.45) is 5.10 Å². The number of methoxy groups -OCH3 is 1. The van der Waals surface area contributed by atoms with Crippen LogP contribution in [0.15, 0.2) is 71.8 Å². The zero-order valence-electron chi connectivity index (χ0n) is 19.1. The van der Waals surface area contributed by atoms with E-state index in [1.807, 2.05) is 6.92 Å². The third-order valence-corrected chi connectivity index (χ3v) is 4.65. The fourth-order valence-corrected chi connectivity index (χ4v) is 2.94. The van der Waals surface area contributed by atoms with Crippen LogP contribution >= 0.6 is 0 Å². The molecule has 10 heteroatoms. The van der Waals surface area contributed by atoms with Crippen LogP contribution in [0.2, 0.25) is 0 Å². The Morgan fingerprint density at radius 2 is 1.66 bits per heavy atom. The van der Waals surface area contributed by atoms with Crippen molar-refractivity contribution in [3.05, 3.63) is 77.9 Å². The fraction of sp³-hybridized carbons (Fsp3) is 0.120. The lowest BCUT2D eigenvalue weighted by atomic mass is 10.1. The number of nitrogens with one attached hydrogen (secondary N) is 3. The zero-order chi connectivity index (χ0) is 25.2. The minimum atomic E-state index is -1.06. The molecule has 10 nitrogen and oxygen atoms in total. The van der Waals surface area contributed by atoms with E-state index < -0.39 is 17.7 Å². The molecule has 0 spiro atoms. The standard InChI is InChI=1S/C25H24N4O6/c1-3-35-18-10-8-17(9-11-18)27-23(31)20-6-4-5-7-21(20)28-24(32)25(33)29-26-15-16-14-19(34-2)12-13-22(16)30/h4-15,30H,3H2,1-2H3,(H,27,31)(H,28,32)(H,29,33). The van der Waals surface area contributed by atoms with Crippen molar-refractivity contribution in [1.29, 1.82) is 0 Å². The molecule has 0 bridgehead atoms. The Kier molecular flexibility index (Phi) is 8.38. The number of nitrogens with zero attached hydrogens (tertiary/aromatic N) is 1. The third kappa shape index (κ3) is 6.81. The normalized spacial score (nSPS) is 10.5. The van der Waals surface area contributed by atoms with E-state index in [2.05, 4.69) is 21.2 Å². The third-order valence-electron chi connectivity index (χ3n) is 4.65. The lowest BCUT2D eigenvalue weighted by Crippen LogP contribution is -2.33. The molecule has 0 aromatic heterocycles. The van der Waals surface area contributed by atoms with Crippen LogP contribution in [0, 0.1) is 0 Å². The molecular weight excluding hydrogens is 452 g/mol. The Labute approximate surface area is 201 Å². The van der Waals surface area contributed by atoms with Crippen LogP contribution in [0.1, 0.15) is 22.8 Å². The molecule has 3 amide bonds. The van der Waals surface area contributed by atoms with Crippen molar-refractivity contribution in [2.45, 2.75) is 6.92 Å². The number of hydrogen-bond acceptors (Lipinski definition) is 7. The number of carbonyl (C=O) groups excluding carboxylic acids is 3. The van der Waals surface area contributed by atoms with Crippen LogP contribution in [-0.2, 0) is 9.59 Å². The molecule has 0 fully saturated rings. The van der Waals surface area contributed by atoms with Gasteiger partial charge >= 0.3 is 11.8 Å². The zero-order valence-corrected chi connectivity index (χ0v) is 19.1. The monoisotopic (exact) mass is 476 g/mol. The van der Waals surface area contributed by atoms with Crippen molar-refractivity contribution >= 4 is 35.3 Å². The molecule has 0 atom stereocenters. The predicted molar refractivity (Wildman–Crippen MR) is 131 cm³/mol. The van der Waals surface area contributed by atoms with Gasteiger partial charge in [0.15, 0.2) is 0 Å². The molecule has 3 aromatic rings. The average molecular weight is 476 g/mol. The number of hydrazone groups is 1. The number of rotatable bonds is 8. The summed E-state index contributed by atoms with van der Waals surface area (Å²) in [6.07, 6.45) is 1.17. The molecule has 3 aromatic carbocycles. The smallest absolute Gasteiger partial charge is 0.329 e. The fourth-order valence-electron chi connectivity index (χ4n) is 2.94. The highest BCUT2D eigenvalue weighted by Gasteiger charge is 2.18. The van der Waals surface area contributed by atoms with Gasteiger partial charge in [-0.05, 0) is 61.5 Å². The van der Waals surface area contributed by atoms with Gasteiger partial charge in [-0.15, -0.1) is 0 Å². The first-order valence-electron chi connectivity index (χ1n) is 10.6. The number of phenols is 1. The van der Waals surface area contributed by atoms with Crippen LogP contribution in [0.3, 0.4) is 0 Å². The van der Waals surface area contributed by atoms with Crippen molar-refractivity contribution in [1.82, 2.24) is 5.43 Å². The van der Waals surface area contributed by atoms with Gasteiger partial charge in [0, 0.05) is 11.3 Å². The van der Waals surface area contributed by atoms with E-state index in [-0.39, 0.29) is 22.6 Å². The molecule has 4 N–H and O–H groups in total. The average Bonchev–Trinajstić information content (AvgIpc) is 2.86. The Balaban J connectivity index is 1.63. The summed E-state index contributed by atoms with van der Waals surface area (Å²) < 4.78 is 10.4. The maximum atomic E-state index is 12.8. The highest BCUT2D eigenvalue weighted by atomic mass is 16.5. The van der Waals surface area contributed by atoms with Crippen LogP contribution in [0.25, 0.3) is 0 Å². The second-order valence-electron chi connectivity index (χ2n) is 7.04. The van der Waals surface area contributed by atoms with Gasteiger partial charge in [0.1, 0.15) is 17.2 Å². The van der Waals surface area contributed by atoms with E-state index in [1.165, 1.54) is 37.6 Å². The van der Waals surface area contributed by atoms with E-state index in [4.69, 9.17) is 9.47 Å². The summed E-state index contributed by atoms with van der Waals surface area (Å²) in [7, 11) is 1.47. The molecule has 35 heavy (non-hydrogen) atoms. The summed E-state index contributed by atoms with van der Waals surface area (Å²) in [4.78, 5) is 37.3. The van der Waals surface area contributed by atoms with Gasteiger partial charge in [-0.25, -0.2) is 5.43 Å². The van der Waals surface area contributed by atoms with E-state index in [1.54, 1.807) is 42.5 Å². The molecule has 0 saturated carbocycles. The van der Waals surface area contributed by atoms with Crippen LogP contribution in [0.5, 0.6) is 17.2 Å². The van der Waals surface area contributed by atoms with Crippen molar-refractivity contribution in [2.75, 3.05) is 24.4 Å². The lowest BCUT2D eigenvalue weighted by Gasteiger charge is -2.11. The number of para-hydroxylation sites is 1. The molecule has 0 radical (unpaired) electrons. The molecule has 0 aliphatic heterocycles. The summed E-state index contributed by atoms with van der Waals surface area (Å²) in [6, 6.07) is 17.6. The summed E-state index contributed by atoms with van der Waals surface area (Å²) in [5.41, 5.74) is 3.19. The van der Waals surface area contributed by atoms with E-state index in [9.17, 15) is 19.5 Å². The first-order chi connectivity index (χ1) is 16.9. The predicted octanol–water partition coefficient (Wildman–Crippen LogP) is 3.14. The van der Waals surface area contributed by atoms with E-state index >= 15 is 0 Å². The highest BCUT2D eigenvalue weighted by Crippen LogP contribution is 2.21. The van der Waals surface area contributed by atoms with Gasteiger partial charge < -0.3 is 25.2 Å². The summed E-state index contributed by atoms with van der Waals surface area (Å²) >= 11 is 0. The van der Waals surface area contributed by atoms with E-state index in [0.29, 0.717) is 23.8 Å². The molecular formula is C25H24N4O6. The number of phenolic OH excluding ortho intramolecular Hbond substituents is 1. The van der Waals surface area contributed by atoms with Crippen molar-refractivity contribution < 1.29 is 29.0 Å². The maximum absolute atomic E-state index is 12.8. The molecule has 0 aliphatic carbocycles. The molecule has 0 aliphatic rings. The number of anilines is 2. The van der Waals surface area contributed by atoms with Gasteiger partial charge in [-0.1, -0.05) is 12.1 Å². The SMILES string of the molecule is CCOc1ccc(NC(=O)c2ccccc2NC(=O)C(=O)NN=Cc2cc(OC)ccc2O)cc1. The Hall–Kier alpha value is -4.86. The molecule has 3 rings (SSSR count). The number of ether oxygens (including phenoxy) is 2. The number of aromatic hydroxyl groups is 1. The summed E-state index contributed by atoms with van der Waals surface area (Å²) in [5.74, 6) is -1.50. The van der Waals surface area contributed by atoms with E-state index in [0.717, 1.165) is 0 Å². The van der Waals surface area contributed by atoms with Gasteiger partial charge in [0.05, 0.1) is 31.2 Å². The van der Waals surface area contributed by atoms with Crippen molar-refractivity contribution in [3.63, 3.8) is 0 Å². The second-order valence-corrected chi connectivity index (χ2v) is 7.04. The number of benzene rings is 3. The maximum Gasteiger partial charge on any atom is 0.329 e. The number of hydrogen-bond donors (Lipinski definition) is 4. The Bertz CT molecular complexity index is 1240. The highest BCUT2D eigenvalue weighted by molar-refractivity contribution is 6.40. The molecule has 180 valence electrons. The second kappa shape index (κ2) is 11.8. The van der Waals surface area contributed by atoms with Crippen LogP contribution in [-0.4, -0.2) is 42.8 Å². The summed E-state index contributed by atoms with van der Waals surface area (Å²) in [5, 5.41) is 18.7. The lowest BCUT2D eigenvalue weighted by molar-refractivity contribution is -0.136. The Morgan fingerprint density at radius 3 is 2.37 bits per heavy atom. The number of amides is 3.